The number of nitrogens with one attached hydrogen (secondary N) is 2. The van der Waals surface area contributed by atoms with Crippen molar-refractivity contribution in [2.45, 2.75) is 19.4 Å². The van der Waals surface area contributed by atoms with Crippen molar-refractivity contribution in [3.05, 3.63) is 28.2 Å². The monoisotopic (exact) mass is 326 g/mol. The molecule has 1 aromatic carbocycles. The number of halogens is 1. The van der Waals surface area contributed by atoms with Crippen LogP contribution in [0.5, 0.6) is 5.75 Å². The van der Waals surface area contributed by atoms with E-state index in [4.69, 9.17) is 4.74 Å². The van der Waals surface area contributed by atoms with Gasteiger partial charge in [0, 0.05) is 6.54 Å². The van der Waals surface area contributed by atoms with Crippen LogP contribution in [0.4, 0.5) is 0 Å². The Kier molecular flexibility index (Phi) is 4.82. The van der Waals surface area contributed by atoms with E-state index >= 15 is 0 Å². The van der Waals surface area contributed by atoms with E-state index in [0.29, 0.717) is 0 Å². The van der Waals surface area contributed by atoms with Gasteiger partial charge < -0.3 is 15.4 Å². The molecule has 0 saturated carbocycles. The second-order valence-corrected chi connectivity index (χ2v) is 5.67. The van der Waals surface area contributed by atoms with Gasteiger partial charge in [-0.3, -0.25) is 4.79 Å². The smallest absolute Gasteiger partial charge is 0.224 e. The molecule has 1 aliphatic heterocycles. The zero-order valence-corrected chi connectivity index (χ0v) is 12.8. The summed E-state index contributed by atoms with van der Waals surface area (Å²) in [5.74, 6) is 1.02. The minimum Gasteiger partial charge on any atom is -0.496 e. The lowest BCUT2D eigenvalue weighted by atomic mass is 10.1. The summed E-state index contributed by atoms with van der Waals surface area (Å²) in [6, 6.07) is 5.85. The predicted octanol–water partition coefficient (Wildman–Crippen LogP) is 2.24. The normalized spacial score (nSPS) is 20.1. The highest BCUT2D eigenvalue weighted by Crippen LogP contribution is 2.28. The molecule has 19 heavy (non-hydrogen) atoms. The van der Waals surface area contributed by atoms with Crippen LogP contribution in [-0.2, 0) is 4.79 Å². The number of hydrogen-bond donors (Lipinski definition) is 2. The molecule has 0 radical (unpaired) electrons. The van der Waals surface area contributed by atoms with E-state index in [2.05, 4.69) is 26.6 Å². The maximum Gasteiger partial charge on any atom is 0.224 e. The third kappa shape index (κ3) is 3.48. The fourth-order valence-corrected chi connectivity index (χ4v) is 2.80. The Morgan fingerprint density at radius 1 is 1.58 bits per heavy atom. The molecule has 1 aromatic rings. The minimum atomic E-state index is -0.00435. The van der Waals surface area contributed by atoms with Gasteiger partial charge in [-0.15, -0.1) is 0 Å². The van der Waals surface area contributed by atoms with Crippen molar-refractivity contribution in [1.82, 2.24) is 10.6 Å². The van der Waals surface area contributed by atoms with E-state index in [1.807, 2.05) is 25.1 Å². The highest BCUT2D eigenvalue weighted by molar-refractivity contribution is 9.10. The van der Waals surface area contributed by atoms with Crippen LogP contribution in [0.15, 0.2) is 22.7 Å². The lowest BCUT2D eigenvalue weighted by Crippen LogP contribution is -2.33. The molecule has 2 rings (SSSR count). The Morgan fingerprint density at radius 3 is 2.95 bits per heavy atom. The van der Waals surface area contributed by atoms with Gasteiger partial charge in [-0.25, -0.2) is 0 Å². The zero-order chi connectivity index (χ0) is 13.8. The molecule has 2 atom stereocenters. The van der Waals surface area contributed by atoms with E-state index in [0.717, 1.165) is 35.3 Å². The van der Waals surface area contributed by atoms with E-state index in [1.165, 1.54) is 0 Å². The predicted molar refractivity (Wildman–Crippen MR) is 78.2 cm³/mol. The number of benzene rings is 1. The molecule has 0 bridgehead atoms. The van der Waals surface area contributed by atoms with Gasteiger partial charge in [0.2, 0.25) is 5.91 Å². The molecule has 1 fully saturated rings. The highest BCUT2D eigenvalue weighted by Gasteiger charge is 2.23. The number of rotatable bonds is 4. The molecule has 0 aromatic heterocycles. The van der Waals surface area contributed by atoms with E-state index < -0.39 is 0 Å². The Hall–Kier alpha value is -1.07. The maximum atomic E-state index is 12.0. The van der Waals surface area contributed by atoms with Crippen molar-refractivity contribution >= 4 is 21.8 Å². The first kappa shape index (κ1) is 14.3. The Morgan fingerprint density at radius 2 is 2.37 bits per heavy atom. The summed E-state index contributed by atoms with van der Waals surface area (Å²) in [7, 11) is 1.64. The average molecular weight is 327 g/mol. The molecule has 2 unspecified atom stereocenters. The lowest BCUT2D eigenvalue weighted by molar-refractivity contribution is -0.125. The molecule has 0 aliphatic carbocycles. The standard InChI is InChI=1S/C14H19BrN2O2/c1-9(17-14(18)11-5-6-16-8-11)10-3-4-13(19-2)12(15)7-10/h3-4,7,9,11,16H,5-6,8H2,1-2H3,(H,17,18). The van der Waals surface area contributed by atoms with Crippen LogP contribution in [0, 0.1) is 5.92 Å². The molecule has 0 spiro atoms. The van der Waals surface area contributed by atoms with Gasteiger partial charge in [0.1, 0.15) is 5.75 Å². The number of ether oxygens (including phenoxy) is 1. The summed E-state index contributed by atoms with van der Waals surface area (Å²) in [6.07, 6.45) is 0.921. The van der Waals surface area contributed by atoms with Gasteiger partial charge in [-0.05, 0) is 53.5 Å². The van der Waals surface area contributed by atoms with Crippen molar-refractivity contribution in [2.75, 3.05) is 20.2 Å². The van der Waals surface area contributed by atoms with Crippen molar-refractivity contribution in [1.29, 1.82) is 0 Å². The van der Waals surface area contributed by atoms with Crippen molar-refractivity contribution in [2.24, 2.45) is 5.92 Å². The molecular weight excluding hydrogens is 308 g/mol. The summed E-state index contributed by atoms with van der Waals surface area (Å²) >= 11 is 3.46. The SMILES string of the molecule is COc1ccc(C(C)NC(=O)C2CCNC2)cc1Br. The molecule has 2 N–H and O–H groups in total. The molecule has 104 valence electrons. The zero-order valence-electron chi connectivity index (χ0n) is 11.2. The third-order valence-corrected chi connectivity index (χ3v) is 4.09. The first-order chi connectivity index (χ1) is 9.11. The second kappa shape index (κ2) is 6.39. The first-order valence-electron chi connectivity index (χ1n) is 6.46. The summed E-state index contributed by atoms with van der Waals surface area (Å²) in [4.78, 5) is 12.0. The van der Waals surface area contributed by atoms with Crippen molar-refractivity contribution in [3.63, 3.8) is 0 Å². The van der Waals surface area contributed by atoms with Gasteiger partial charge in [0.15, 0.2) is 0 Å². The Labute approximate surface area is 122 Å². The Balaban J connectivity index is 2.00. The quantitative estimate of drug-likeness (QED) is 0.892. The van der Waals surface area contributed by atoms with Crippen LogP contribution in [-0.4, -0.2) is 26.1 Å². The minimum absolute atomic E-state index is 0.00435. The fourth-order valence-electron chi connectivity index (χ4n) is 2.24. The third-order valence-electron chi connectivity index (χ3n) is 3.47. The topological polar surface area (TPSA) is 50.4 Å². The van der Waals surface area contributed by atoms with Gasteiger partial charge in [0.25, 0.3) is 0 Å². The molecule has 1 heterocycles. The lowest BCUT2D eigenvalue weighted by Gasteiger charge is -2.18. The first-order valence-corrected chi connectivity index (χ1v) is 7.25. The van der Waals surface area contributed by atoms with E-state index in [1.54, 1.807) is 7.11 Å². The summed E-state index contributed by atoms with van der Waals surface area (Å²) in [5.41, 5.74) is 1.06. The second-order valence-electron chi connectivity index (χ2n) is 4.81. The van der Waals surface area contributed by atoms with Crippen LogP contribution in [0.25, 0.3) is 0 Å². The van der Waals surface area contributed by atoms with Crippen LogP contribution in [0.2, 0.25) is 0 Å². The fraction of sp³-hybridized carbons (Fsp3) is 0.500. The van der Waals surface area contributed by atoms with Crippen LogP contribution in [0.1, 0.15) is 24.9 Å². The maximum absolute atomic E-state index is 12.0. The highest BCUT2D eigenvalue weighted by atomic mass is 79.9. The van der Waals surface area contributed by atoms with Gasteiger partial charge >= 0.3 is 0 Å². The van der Waals surface area contributed by atoms with Crippen molar-refractivity contribution in [3.8, 4) is 5.75 Å². The van der Waals surface area contributed by atoms with Crippen LogP contribution < -0.4 is 15.4 Å². The van der Waals surface area contributed by atoms with Crippen molar-refractivity contribution < 1.29 is 9.53 Å². The van der Waals surface area contributed by atoms with Gasteiger partial charge in [0.05, 0.1) is 23.5 Å². The summed E-state index contributed by atoms with van der Waals surface area (Å²) in [6.45, 7) is 3.71. The largest absolute Gasteiger partial charge is 0.496 e. The van der Waals surface area contributed by atoms with Gasteiger partial charge in [-0.1, -0.05) is 6.07 Å². The van der Waals surface area contributed by atoms with E-state index in [-0.39, 0.29) is 17.9 Å². The number of hydrogen-bond acceptors (Lipinski definition) is 3. The molecule has 1 amide bonds. The molecule has 1 saturated heterocycles. The number of carbonyl (C=O) groups is 1. The molecule has 5 heteroatoms. The number of amides is 1. The number of carbonyl (C=O) groups excluding carboxylic acids is 1. The van der Waals surface area contributed by atoms with Crippen LogP contribution in [0.3, 0.4) is 0 Å². The van der Waals surface area contributed by atoms with Gasteiger partial charge in [-0.2, -0.15) is 0 Å². The van der Waals surface area contributed by atoms with Crippen LogP contribution >= 0.6 is 15.9 Å². The van der Waals surface area contributed by atoms with E-state index in [9.17, 15) is 4.79 Å². The summed E-state index contributed by atoms with van der Waals surface area (Å²) < 4.78 is 6.10. The summed E-state index contributed by atoms with van der Waals surface area (Å²) in [5, 5.41) is 6.27. The average Bonchev–Trinajstić information content (AvgIpc) is 2.92. The molecular formula is C14H19BrN2O2. The molecule has 1 aliphatic rings. The Bertz CT molecular complexity index is 459. The molecule has 4 nitrogen and oxygen atoms in total. The number of methoxy groups -OCH3 is 1.